The number of carbonyl (C=O) groups is 1. The number of ether oxygens (including phenoxy) is 1. The molecule has 32 heavy (non-hydrogen) atoms. The summed E-state index contributed by atoms with van der Waals surface area (Å²) in [7, 11) is 0. The van der Waals surface area contributed by atoms with Crippen LogP contribution in [0.1, 0.15) is 82.7 Å². The second kappa shape index (κ2) is 7.39. The molecule has 1 aromatic heterocycles. The van der Waals surface area contributed by atoms with E-state index < -0.39 is 0 Å². The monoisotopic (exact) mass is 459 g/mol. The predicted octanol–water partition coefficient (Wildman–Crippen LogP) is 4.64. The van der Waals surface area contributed by atoms with Crippen LogP contribution in [-0.2, 0) is 0 Å². The molecule has 4 saturated carbocycles. The normalized spacial score (nSPS) is 37.7. The van der Waals surface area contributed by atoms with Gasteiger partial charge in [-0.15, -0.1) is 11.8 Å². The van der Waals surface area contributed by atoms with Gasteiger partial charge in [-0.3, -0.25) is 4.79 Å². The highest BCUT2D eigenvalue weighted by atomic mass is 32.2. The summed E-state index contributed by atoms with van der Waals surface area (Å²) in [4.78, 5) is 14.2. The minimum atomic E-state index is -0.109. The zero-order valence-electron chi connectivity index (χ0n) is 19.7. The largest absolute Gasteiger partial charge is 0.474 e. The molecule has 1 spiro atoms. The number of aromatic nitrogens is 1. The minimum Gasteiger partial charge on any atom is -0.474 e. The number of carbonyl (C=O) groups excluding carboxylic acids is 1. The third-order valence-electron chi connectivity index (χ3n) is 9.95. The Hall–Kier alpha value is -1.21. The van der Waals surface area contributed by atoms with Gasteiger partial charge < -0.3 is 19.9 Å². The predicted molar refractivity (Wildman–Crippen MR) is 124 cm³/mol. The Morgan fingerprint density at radius 2 is 1.97 bits per heavy atom. The molecule has 4 aliphatic carbocycles. The SMILES string of the molecule is CC1(C)C2C[C@H](NC(=O)c3onc(OCC4CCNCC4)c3SC3CCCC3)C3(C)CC213. The molecule has 0 aromatic carbocycles. The van der Waals surface area contributed by atoms with Gasteiger partial charge in [0.25, 0.3) is 11.8 Å². The molecule has 5 aliphatic rings. The van der Waals surface area contributed by atoms with E-state index in [1.807, 2.05) is 0 Å². The van der Waals surface area contributed by atoms with Crippen molar-refractivity contribution in [3.05, 3.63) is 5.76 Å². The zero-order chi connectivity index (χ0) is 22.1. The van der Waals surface area contributed by atoms with Crippen molar-refractivity contribution in [3.8, 4) is 5.88 Å². The second-order valence-corrected chi connectivity index (χ2v) is 13.1. The molecule has 1 amide bonds. The first kappa shape index (κ1) is 21.3. The highest BCUT2D eigenvalue weighted by Crippen LogP contribution is 2.96. The van der Waals surface area contributed by atoms with E-state index >= 15 is 0 Å². The molecule has 3 unspecified atom stereocenters. The van der Waals surface area contributed by atoms with Gasteiger partial charge in [-0.1, -0.05) is 33.6 Å². The number of rotatable bonds is 7. The van der Waals surface area contributed by atoms with E-state index in [4.69, 9.17) is 9.26 Å². The zero-order valence-corrected chi connectivity index (χ0v) is 20.5. The quantitative estimate of drug-likeness (QED) is 0.619. The summed E-state index contributed by atoms with van der Waals surface area (Å²) in [5.41, 5.74) is 1.14. The van der Waals surface area contributed by atoms with Gasteiger partial charge >= 0.3 is 0 Å². The van der Waals surface area contributed by atoms with Gasteiger partial charge in [-0.2, -0.15) is 0 Å². The van der Waals surface area contributed by atoms with Crippen LogP contribution in [0, 0.1) is 28.1 Å². The number of thioether (sulfide) groups is 1. The third kappa shape index (κ3) is 3.02. The van der Waals surface area contributed by atoms with Crippen molar-refractivity contribution in [1.82, 2.24) is 15.8 Å². The van der Waals surface area contributed by atoms with E-state index in [2.05, 4.69) is 36.6 Å². The summed E-state index contributed by atoms with van der Waals surface area (Å²) in [5.74, 6) is 2.06. The van der Waals surface area contributed by atoms with Crippen molar-refractivity contribution >= 4 is 17.7 Å². The Bertz CT molecular complexity index is 904. The molecule has 4 atom stereocenters. The summed E-state index contributed by atoms with van der Waals surface area (Å²) in [6.07, 6.45) is 9.46. The first-order chi connectivity index (χ1) is 15.4. The molecular weight excluding hydrogens is 422 g/mol. The summed E-state index contributed by atoms with van der Waals surface area (Å²) >= 11 is 1.75. The molecule has 1 saturated heterocycles. The maximum absolute atomic E-state index is 13.4. The fourth-order valence-corrected chi connectivity index (χ4v) is 9.22. The molecule has 7 heteroatoms. The van der Waals surface area contributed by atoms with Gasteiger partial charge in [-0.25, -0.2) is 0 Å². The lowest BCUT2D eigenvalue weighted by Crippen LogP contribution is -2.40. The Kier molecular flexibility index (Phi) is 4.93. The molecule has 6 rings (SSSR count). The lowest BCUT2D eigenvalue weighted by atomic mass is 9.89. The highest BCUT2D eigenvalue weighted by Gasteiger charge is 2.92. The molecule has 6 nitrogen and oxygen atoms in total. The van der Waals surface area contributed by atoms with Gasteiger partial charge in [0.05, 0.1) is 6.61 Å². The topological polar surface area (TPSA) is 76.4 Å². The Morgan fingerprint density at radius 1 is 1.22 bits per heavy atom. The average Bonchev–Trinajstić information content (AvgIpc) is 3.23. The standard InChI is InChI=1S/C25H37N3O3S/c1-23(2)17-12-18(24(3)14-25(17,23)24)27-21(29)19-20(32-16-6-4-5-7-16)22(28-31-19)30-13-15-8-10-26-11-9-15/h15-18,26H,4-14H2,1-3H3,(H,27,29)/t17?,18-,24?,25?/m0/s1. The van der Waals surface area contributed by atoms with Gasteiger partial charge in [0, 0.05) is 11.3 Å². The van der Waals surface area contributed by atoms with Gasteiger partial charge in [0.15, 0.2) is 0 Å². The Balaban J connectivity index is 1.17. The molecule has 1 aliphatic heterocycles. The van der Waals surface area contributed by atoms with Crippen molar-refractivity contribution < 1.29 is 14.1 Å². The lowest BCUT2D eigenvalue weighted by molar-refractivity contribution is 0.0871. The molecule has 176 valence electrons. The second-order valence-electron chi connectivity index (χ2n) is 11.8. The molecule has 2 N–H and O–H groups in total. The Morgan fingerprint density at radius 3 is 2.62 bits per heavy atom. The van der Waals surface area contributed by atoms with Crippen LogP contribution >= 0.6 is 11.8 Å². The highest BCUT2D eigenvalue weighted by molar-refractivity contribution is 8.00. The molecule has 5 fully saturated rings. The van der Waals surface area contributed by atoms with Crippen LogP contribution in [0.5, 0.6) is 5.88 Å². The van der Waals surface area contributed by atoms with Gasteiger partial charge in [0.1, 0.15) is 4.90 Å². The van der Waals surface area contributed by atoms with Crippen LogP contribution in [0.3, 0.4) is 0 Å². The summed E-state index contributed by atoms with van der Waals surface area (Å²) < 4.78 is 11.8. The van der Waals surface area contributed by atoms with E-state index in [0.29, 0.717) is 40.2 Å². The van der Waals surface area contributed by atoms with Crippen molar-refractivity contribution in [2.45, 2.75) is 88.3 Å². The summed E-state index contributed by atoms with van der Waals surface area (Å²) in [5, 5.41) is 11.5. The first-order valence-electron chi connectivity index (χ1n) is 12.7. The number of nitrogens with one attached hydrogen (secondary N) is 2. The number of piperidine rings is 1. The van der Waals surface area contributed by atoms with E-state index in [9.17, 15) is 4.79 Å². The molecule has 1 aromatic rings. The van der Waals surface area contributed by atoms with Crippen molar-refractivity contribution in [1.29, 1.82) is 0 Å². The maximum atomic E-state index is 13.4. The molecule has 0 radical (unpaired) electrons. The lowest BCUT2D eigenvalue weighted by Gasteiger charge is -2.25. The Labute approximate surface area is 195 Å². The maximum Gasteiger partial charge on any atom is 0.291 e. The van der Waals surface area contributed by atoms with Crippen LogP contribution in [0.4, 0.5) is 0 Å². The fourth-order valence-electron chi connectivity index (χ4n) is 7.88. The minimum absolute atomic E-state index is 0.109. The number of hydrogen-bond donors (Lipinski definition) is 2. The van der Waals surface area contributed by atoms with E-state index in [1.165, 1.54) is 32.1 Å². The van der Waals surface area contributed by atoms with Crippen LogP contribution in [0.25, 0.3) is 0 Å². The fraction of sp³-hybridized carbons (Fsp3) is 0.840. The van der Waals surface area contributed by atoms with Crippen LogP contribution < -0.4 is 15.4 Å². The summed E-state index contributed by atoms with van der Waals surface area (Å²) in [6.45, 7) is 9.91. The molecule has 2 heterocycles. The third-order valence-corrected chi connectivity index (χ3v) is 11.3. The molecule has 0 bridgehead atoms. The first-order valence-corrected chi connectivity index (χ1v) is 13.6. The number of amides is 1. The van der Waals surface area contributed by atoms with Crippen molar-refractivity contribution in [2.75, 3.05) is 19.7 Å². The number of hydrogen-bond acceptors (Lipinski definition) is 6. The van der Waals surface area contributed by atoms with Crippen molar-refractivity contribution in [3.63, 3.8) is 0 Å². The van der Waals surface area contributed by atoms with Crippen LogP contribution in [-0.4, -0.2) is 42.1 Å². The van der Waals surface area contributed by atoms with Gasteiger partial charge in [0.2, 0.25) is 5.76 Å². The number of nitrogens with zero attached hydrogens (tertiary/aromatic N) is 1. The molecular formula is C25H37N3O3S. The average molecular weight is 460 g/mol. The van der Waals surface area contributed by atoms with E-state index in [1.54, 1.807) is 11.8 Å². The smallest absolute Gasteiger partial charge is 0.291 e. The van der Waals surface area contributed by atoms with E-state index in [0.717, 1.165) is 43.2 Å². The van der Waals surface area contributed by atoms with Gasteiger partial charge in [-0.05, 0) is 84.9 Å². The van der Waals surface area contributed by atoms with Crippen molar-refractivity contribution in [2.24, 2.45) is 28.1 Å². The van der Waals surface area contributed by atoms with Crippen LogP contribution in [0.2, 0.25) is 0 Å². The van der Waals surface area contributed by atoms with E-state index in [-0.39, 0.29) is 17.4 Å². The van der Waals surface area contributed by atoms with Crippen LogP contribution in [0.15, 0.2) is 9.42 Å². The summed E-state index contributed by atoms with van der Waals surface area (Å²) in [6, 6.07) is 0.238.